The molecular weight excluding hydrogens is 168 g/mol. The minimum atomic E-state index is -0.638. The van der Waals surface area contributed by atoms with E-state index >= 15 is 0 Å². The fourth-order valence-corrected chi connectivity index (χ4v) is 1.90. The zero-order chi connectivity index (χ0) is 9.90. The molecular formula is C9H18N2O2. The number of likely N-dealkylation sites (N-methyl/N-ethyl adjacent to an activating group) is 1. The number of carbonyl (C=O) groups excluding carboxylic acids is 1. The Morgan fingerprint density at radius 2 is 2.08 bits per heavy atom. The Labute approximate surface area is 78.9 Å². The number of nitrogens with one attached hydrogen (secondary N) is 1. The molecule has 0 saturated heterocycles. The Hall–Kier alpha value is -0.770. The molecule has 1 aliphatic rings. The Bertz CT molecular complexity index is 188. The standard InChI is InChI=1S/C9H18N2O2/c1-10-8(12)11(2)7-9(13)5-3-4-6-9/h13H,3-7H2,1-2H3,(H,10,12). The first-order valence-corrected chi connectivity index (χ1v) is 4.73. The van der Waals surface area contributed by atoms with Gasteiger partial charge in [-0.15, -0.1) is 0 Å². The molecule has 0 heterocycles. The number of nitrogens with zero attached hydrogens (tertiary/aromatic N) is 1. The highest BCUT2D eigenvalue weighted by Gasteiger charge is 2.33. The molecule has 1 fully saturated rings. The molecule has 0 spiro atoms. The highest BCUT2D eigenvalue weighted by molar-refractivity contribution is 5.73. The van der Waals surface area contributed by atoms with Crippen molar-refractivity contribution < 1.29 is 9.90 Å². The summed E-state index contributed by atoms with van der Waals surface area (Å²) in [6.07, 6.45) is 3.76. The molecule has 0 aromatic heterocycles. The van der Waals surface area contributed by atoms with Crippen molar-refractivity contribution >= 4 is 6.03 Å². The summed E-state index contributed by atoms with van der Waals surface area (Å²) < 4.78 is 0. The monoisotopic (exact) mass is 186 g/mol. The van der Waals surface area contributed by atoms with Gasteiger partial charge in [0.15, 0.2) is 0 Å². The number of hydrogen-bond donors (Lipinski definition) is 2. The molecule has 13 heavy (non-hydrogen) atoms. The molecule has 2 N–H and O–H groups in total. The second-order valence-electron chi connectivity index (χ2n) is 3.84. The molecule has 0 aromatic rings. The molecule has 1 saturated carbocycles. The maximum absolute atomic E-state index is 11.1. The maximum Gasteiger partial charge on any atom is 0.316 e. The topological polar surface area (TPSA) is 52.6 Å². The fourth-order valence-electron chi connectivity index (χ4n) is 1.90. The molecule has 4 nitrogen and oxygen atoms in total. The van der Waals surface area contributed by atoms with Crippen LogP contribution in [0.5, 0.6) is 0 Å². The van der Waals surface area contributed by atoms with Gasteiger partial charge < -0.3 is 15.3 Å². The quantitative estimate of drug-likeness (QED) is 0.662. The van der Waals surface area contributed by atoms with E-state index < -0.39 is 5.60 Å². The molecule has 76 valence electrons. The van der Waals surface area contributed by atoms with E-state index in [1.165, 1.54) is 4.90 Å². The van der Waals surface area contributed by atoms with Crippen LogP contribution in [-0.4, -0.2) is 42.3 Å². The molecule has 2 amide bonds. The fraction of sp³-hybridized carbons (Fsp3) is 0.889. The van der Waals surface area contributed by atoms with Crippen LogP contribution in [0.15, 0.2) is 0 Å². The molecule has 0 unspecified atom stereocenters. The smallest absolute Gasteiger partial charge is 0.316 e. The Morgan fingerprint density at radius 1 is 1.54 bits per heavy atom. The summed E-state index contributed by atoms with van der Waals surface area (Å²) in [5, 5.41) is 12.5. The lowest BCUT2D eigenvalue weighted by Gasteiger charge is -2.28. The first-order valence-electron chi connectivity index (χ1n) is 4.73. The lowest BCUT2D eigenvalue weighted by molar-refractivity contribution is 0.0249. The van der Waals surface area contributed by atoms with Crippen LogP contribution in [0.1, 0.15) is 25.7 Å². The van der Waals surface area contributed by atoms with E-state index in [0.717, 1.165) is 25.7 Å². The van der Waals surface area contributed by atoms with E-state index in [1.807, 2.05) is 0 Å². The average molecular weight is 186 g/mol. The Morgan fingerprint density at radius 3 is 2.54 bits per heavy atom. The van der Waals surface area contributed by atoms with Crippen molar-refractivity contribution in [2.24, 2.45) is 0 Å². The van der Waals surface area contributed by atoms with E-state index in [4.69, 9.17) is 0 Å². The van der Waals surface area contributed by atoms with Gasteiger partial charge in [-0.2, -0.15) is 0 Å². The van der Waals surface area contributed by atoms with Crippen LogP contribution >= 0.6 is 0 Å². The zero-order valence-electron chi connectivity index (χ0n) is 8.34. The van der Waals surface area contributed by atoms with Gasteiger partial charge in [-0.05, 0) is 12.8 Å². The van der Waals surface area contributed by atoms with Crippen LogP contribution in [0.3, 0.4) is 0 Å². The SMILES string of the molecule is CNC(=O)N(C)CC1(O)CCCC1. The van der Waals surface area contributed by atoms with E-state index in [0.29, 0.717) is 6.54 Å². The highest BCUT2D eigenvalue weighted by atomic mass is 16.3. The van der Waals surface area contributed by atoms with Gasteiger partial charge in [-0.25, -0.2) is 4.79 Å². The molecule has 0 atom stereocenters. The van der Waals surface area contributed by atoms with Crippen LogP contribution in [0.2, 0.25) is 0 Å². The number of urea groups is 1. The van der Waals surface area contributed by atoms with Crippen molar-refractivity contribution in [2.45, 2.75) is 31.3 Å². The number of amides is 2. The van der Waals surface area contributed by atoms with E-state index in [2.05, 4.69) is 5.32 Å². The molecule has 0 radical (unpaired) electrons. The predicted molar refractivity (Wildman–Crippen MR) is 50.5 cm³/mol. The summed E-state index contributed by atoms with van der Waals surface area (Å²) in [7, 11) is 3.30. The predicted octanol–water partition coefficient (Wildman–Crippen LogP) is 0.563. The lowest BCUT2D eigenvalue weighted by atomic mass is 10.0. The van der Waals surface area contributed by atoms with Crippen molar-refractivity contribution in [2.75, 3.05) is 20.6 Å². The van der Waals surface area contributed by atoms with Crippen molar-refractivity contribution in [3.8, 4) is 0 Å². The summed E-state index contributed by atoms with van der Waals surface area (Å²) in [5.41, 5.74) is -0.638. The minimum Gasteiger partial charge on any atom is -0.388 e. The summed E-state index contributed by atoms with van der Waals surface area (Å²) in [6.45, 7) is 0.437. The first kappa shape index (κ1) is 10.3. The zero-order valence-corrected chi connectivity index (χ0v) is 8.34. The van der Waals surface area contributed by atoms with E-state index in [9.17, 15) is 9.90 Å². The van der Waals surface area contributed by atoms with Crippen molar-refractivity contribution in [1.29, 1.82) is 0 Å². The van der Waals surface area contributed by atoms with Crippen LogP contribution in [0, 0.1) is 0 Å². The summed E-state index contributed by atoms with van der Waals surface area (Å²) >= 11 is 0. The van der Waals surface area contributed by atoms with Gasteiger partial charge in [-0.1, -0.05) is 12.8 Å². The third-order valence-electron chi connectivity index (χ3n) is 2.63. The van der Waals surface area contributed by atoms with Gasteiger partial charge >= 0.3 is 6.03 Å². The second kappa shape index (κ2) is 3.96. The minimum absolute atomic E-state index is 0.139. The van der Waals surface area contributed by atoms with Crippen LogP contribution in [0.25, 0.3) is 0 Å². The number of rotatable bonds is 2. The lowest BCUT2D eigenvalue weighted by Crippen LogP contribution is -2.45. The van der Waals surface area contributed by atoms with Crippen LogP contribution < -0.4 is 5.32 Å². The molecule has 0 aliphatic heterocycles. The third kappa shape index (κ3) is 2.59. The molecule has 1 rings (SSSR count). The van der Waals surface area contributed by atoms with Gasteiger partial charge in [0.05, 0.1) is 12.1 Å². The van der Waals surface area contributed by atoms with Gasteiger partial charge in [0.2, 0.25) is 0 Å². The average Bonchev–Trinajstić information content (AvgIpc) is 2.50. The summed E-state index contributed by atoms with van der Waals surface area (Å²) in [5.74, 6) is 0. The van der Waals surface area contributed by atoms with Gasteiger partial charge in [0.1, 0.15) is 0 Å². The largest absolute Gasteiger partial charge is 0.388 e. The van der Waals surface area contributed by atoms with Crippen LogP contribution in [-0.2, 0) is 0 Å². The first-order chi connectivity index (χ1) is 6.07. The van der Waals surface area contributed by atoms with Crippen molar-refractivity contribution in [3.05, 3.63) is 0 Å². The highest BCUT2D eigenvalue weighted by Crippen LogP contribution is 2.29. The van der Waals surface area contributed by atoms with E-state index in [-0.39, 0.29) is 6.03 Å². The van der Waals surface area contributed by atoms with Crippen molar-refractivity contribution in [3.63, 3.8) is 0 Å². The van der Waals surface area contributed by atoms with Gasteiger partial charge in [0, 0.05) is 14.1 Å². The van der Waals surface area contributed by atoms with Crippen molar-refractivity contribution in [1.82, 2.24) is 10.2 Å². The normalized spacial score (nSPS) is 19.9. The second-order valence-corrected chi connectivity index (χ2v) is 3.84. The molecule has 4 heteroatoms. The van der Waals surface area contributed by atoms with Crippen LogP contribution in [0.4, 0.5) is 4.79 Å². The molecule has 1 aliphatic carbocycles. The third-order valence-corrected chi connectivity index (χ3v) is 2.63. The Kier molecular flexibility index (Phi) is 3.14. The summed E-state index contributed by atoms with van der Waals surface area (Å²) in [6, 6.07) is -0.139. The molecule has 0 bridgehead atoms. The van der Waals surface area contributed by atoms with Gasteiger partial charge in [0.25, 0.3) is 0 Å². The number of hydrogen-bond acceptors (Lipinski definition) is 2. The van der Waals surface area contributed by atoms with E-state index in [1.54, 1.807) is 14.1 Å². The summed E-state index contributed by atoms with van der Waals surface area (Å²) in [4.78, 5) is 12.7. The number of aliphatic hydroxyl groups is 1. The maximum atomic E-state index is 11.1. The number of carbonyl (C=O) groups is 1. The molecule has 0 aromatic carbocycles. The van der Waals surface area contributed by atoms with Gasteiger partial charge in [-0.3, -0.25) is 0 Å². The Balaban J connectivity index is 2.42.